The quantitative estimate of drug-likeness (QED) is 0.727. The number of ether oxygens (including phenoxy) is 1. The number of aryl methyl sites for hydroxylation is 1. The smallest absolute Gasteiger partial charge is 0.338 e. The summed E-state index contributed by atoms with van der Waals surface area (Å²) >= 11 is 0. The van der Waals surface area contributed by atoms with E-state index in [1.54, 1.807) is 6.07 Å². The van der Waals surface area contributed by atoms with Crippen molar-refractivity contribution in [3.63, 3.8) is 0 Å². The molecule has 0 heterocycles. The first-order chi connectivity index (χ1) is 7.51. The summed E-state index contributed by atoms with van der Waals surface area (Å²) in [5.74, 6) is -0.644. The highest BCUT2D eigenvalue weighted by molar-refractivity contribution is 5.91. The maximum Gasteiger partial charge on any atom is 0.338 e. The van der Waals surface area contributed by atoms with Gasteiger partial charge < -0.3 is 4.74 Å². The lowest BCUT2D eigenvalue weighted by Gasteiger charge is -2.08. The van der Waals surface area contributed by atoms with E-state index in [1.165, 1.54) is 14.0 Å². The van der Waals surface area contributed by atoms with Gasteiger partial charge in [-0.2, -0.15) is 5.26 Å². The van der Waals surface area contributed by atoms with Crippen LogP contribution in [0.5, 0.6) is 0 Å². The van der Waals surface area contributed by atoms with Crippen LogP contribution in [-0.4, -0.2) is 13.1 Å². The van der Waals surface area contributed by atoms with Gasteiger partial charge in [-0.15, -0.1) is 0 Å². The molecule has 0 fully saturated rings. The molecule has 3 nitrogen and oxygen atoms in total. The van der Waals surface area contributed by atoms with Crippen molar-refractivity contribution in [3.05, 3.63) is 34.4 Å². The lowest BCUT2D eigenvalue weighted by molar-refractivity contribution is 0.0599. The van der Waals surface area contributed by atoms with Crippen LogP contribution >= 0.6 is 0 Å². The van der Waals surface area contributed by atoms with E-state index in [-0.39, 0.29) is 16.7 Å². The number of rotatable bonds is 2. The van der Waals surface area contributed by atoms with Crippen LogP contribution in [0.1, 0.15) is 33.5 Å². The van der Waals surface area contributed by atoms with E-state index >= 15 is 0 Å². The van der Waals surface area contributed by atoms with Gasteiger partial charge in [0.25, 0.3) is 6.43 Å². The van der Waals surface area contributed by atoms with E-state index in [0.29, 0.717) is 5.56 Å². The van der Waals surface area contributed by atoms with Crippen LogP contribution in [0.15, 0.2) is 12.1 Å². The van der Waals surface area contributed by atoms with Crippen LogP contribution in [0.4, 0.5) is 8.78 Å². The number of hydrogen-bond donors (Lipinski definition) is 0. The van der Waals surface area contributed by atoms with E-state index in [4.69, 9.17) is 5.26 Å². The minimum Gasteiger partial charge on any atom is -0.465 e. The molecule has 1 aromatic carbocycles. The Morgan fingerprint density at radius 3 is 2.56 bits per heavy atom. The van der Waals surface area contributed by atoms with E-state index in [1.807, 2.05) is 0 Å². The van der Waals surface area contributed by atoms with E-state index < -0.39 is 12.4 Å². The standard InChI is InChI=1S/C11H9F2NO2/c1-6-3-9(10(12)13)7(5-14)4-8(6)11(15)16-2/h3-4,10H,1-2H3. The lowest BCUT2D eigenvalue weighted by atomic mass is 10.00. The van der Waals surface area contributed by atoms with Gasteiger partial charge in [0.1, 0.15) is 0 Å². The van der Waals surface area contributed by atoms with Crippen molar-refractivity contribution in [3.8, 4) is 6.07 Å². The largest absolute Gasteiger partial charge is 0.465 e. The molecule has 0 amide bonds. The number of nitriles is 1. The van der Waals surface area contributed by atoms with E-state index in [0.717, 1.165) is 12.1 Å². The average Bonchev–Trinajstić information content (AvgIpc) is 2.27. The van der Waals surface area contributed by atoms with Crippen molar-refractivity contribution in [2.45, 2.75) is 13.3 Å². The van der Waals surface area contributed by atoms with Gasteiger partial charge in [0.15, 0.2) is 0 Å². The van der Waals surface area contributed by atoms with Crippen LogP contribution in [0, 0.1) is 18.3 Å². The summed E-state index contributed by atoms with van der Waals surface area (Å²) in [6.45, 7) is 1.51. The minimum absolute atomic E-state index is 0.128. The van der Waals surface area contributed by atoms with Gasteiger partial charge in [-0.1, -0.05) is 0 Å². The number of esters is 1. The maximum atomic E-state index is 12.5. The maximum absolute atomic E-state index is 12.5. The van der Waals surface area contributed by atoms with Crippen LogP contribution in [-0.2, 0) is 4.74 Å². The molecule has 0 spiro atoms. The number of carbonyl (C=O) groups excluding carboxylic acids is 1. The van der Waals surface area contributed by atoms with Gasteiger partial charge in [0.2, 0.25) is 0 Å². The zero-order valence-corrected chi connectivity index (χ0v) is 8.75. The summed E-state index contributed by atoms with van der Waals surface area (Å²) in [5, 5.41) is 8.70. The minimum atomic E-state index is -2.74. The molecule has 0 atom stereocenters. The fraction of sp³-hybridized carbons (Fsp3) is 0.273. The van der Waals surface area contributed by atoms with Gasteiger partial charge in [-0.25, -0.2) is 13.6 Å². The molecule has 0 saturated carbocycles. The summed E-state index contributed by atoms with van der Waals surface area (Å²) in [6.07, 6.45) is -2.74. The Morgan fingerprint density at radius 1 is 1.50 bits per heavy atom. The van der Waals surface area contributed by atoms with Crippen LogP contribution in [0.25, 0.3) is 0 Å². The normalized spacial score (nSPS) is 10.0. The molecule has 1 aromatic rings. The SMILES string of the molecule is COC(=O)c1cc(C#N)c(C(F)F)cc1C. The van der Waals surface area contributed by atoms with Crippen molar-refractivity contribution in [1.29, 1.82) is 5.26 Å². The second kappa shape index (κ2) is 4.71. The Hall–Kier alpha value is -1.96. The molecule has 0 radical (unpaired) electrons. The molecule has 0 N–H and O–H groups in total. The molecular formula is C11H9F2NO2. The van der Waals surface area contributed by atoms with E-state index in [2.05, 4.69) is 4.74 Å². The third kappa shape index (κ3) is 2.16. The first kappa shape index (κ1) is 12.1. The Balaban J connectivity index is 3.38. The molecule has 0 unspecified atom stereocenters. The summed E-state index contributed by atoms with van der Waals surface area (Å²) in [5.41, 5.74) is -0.0850. The van der Waals surface area contributed by atoms with Crippen molar-refractivity contribution in [2.75, 3.05) is 7.11 Å². The predicted molar refractivity (Wildman–Crippen MR) is 52.2 cm³/mol. The fourth-order valence-corrected chi connectivity index (χ4v) is 1.34. The molecule has 0 aliphatic rings. The molecule has 0 saturated heterocycles. The molecule has 16 heavy (non-hydrogen) atoms. The third-order valence-electron chi connectivity index (χ3n) is 2.16. The highest BCUT2D eigenvalue weighted by Gasteiger charge is 2.18. The fourth-order valence-electron chi connectivity index (χ4n) is 1.34. The van der Waals surface area contributed by atoms with Crippen molar-refractivity contribution < 1.29 is 18.3 Å². The summed E-state index contributed by atoms with van der Waals surface area (Å²) in [7, 11) is 1.19. The highest BCUT2D eigenvalue weighted by atomic mass is 19.3. The Morgan fingerprint density at radius 2 is 2.12 bits per heavy atom. The molecule has 0 aliphatic carbocycles. The van der Waals surface area contributed by atoms with Gasteiger partial charge in [0.05, 0.1) is 24.3 Å². The van der Waals surface area contributed by atoms with E-state index in [9.17, 15) is 13.6 Å². The predicted octanol–water partition coefficient (Wildman–Crippen LogP) is 2.59. The summed E-state index contributed by atoms with van der Waals surface area (Å²) < 4.78 is 29.6. The lowest BCUT2D eigenvalue weighted by Crippen LogP contribution is -2.06. The number of alkyl halides is 2. The monoisotopic (exact) mass is 225 g/mol. The van der Waals surface area contributed by atoms with Crippen LogP contribution < -0.4 is 0 Å². The van der Waals surface area contributed by atoms with Crippen LogP contribution in [0.2, 0.25) is 0 Å². The van der Waals surface area contributed by atoms with Crippen molar-refractivity contribution in [2.24, 2.45) is 0 Å². The number of carbonyl (C=O) groups is 1. The summed E-state index contributed by atoms with van der Waals surface area (Å²) in [6, 6.07) is 3.90. The number of methoxy groups -OCH3 is 1. The first-order valence-corrected chi connectivity index (χ1v) is 4.42. The van der Waals surface area contributed by atoms with Crippen molar-refractivity contribution in [1.82, 2.24) is 0 Å². The molecule has 0 aromatic heterocycles. The third-order valence-corrected chi connectivity index (χ3v) is 2.16. The second-order valence-electron chi connectivity index (χ2n) is 3.16. The number of hydrogen-bond acceptors (Lipinski definition) is 3. The summed E-state index contributed by atoms with van der Waals surface area (Å²) in [4.78, 5) is 11.3. The first-order valence-electron chi connectivity index (χ1n) is 4.42. The van der Waals surface area contributed by atoms with Gasteiger partial charge in [-0.3, -0.25) is 0 Å². The van der Waals surface area contributed by atoms with Gasteiger partial charge in [-0.05, 0) is 24.6 Å². The molecule has 0 aliphatic heterocycles. The number of benzene rings is 1. The average molecular weight is 225 g/mol. The zero-order chi connectivity index (χ0) is 12.3. The zero-order valence-electron chi connectivity index (χ0n) is 8.75. The number of nitrogens with zero attached hydrogens (tertiary/aromatic N) is 1. The van der Waals surface area contributed by atoms with Crippen LogP contribution in [0.3, 0.4) is 0 Å². The topological polar surface area (TPSA) is 50.1 Å². The Kier molecular flexibility index (Phi) is 3.56. The number of halogens is 2. The Labute approximate surface area is 91.3 Å². The van der Waals surface area contributed by atoms with Crippen molar-refractivity contribution >= 4 is 5.97 Å². The van der Waals surface area contributed by atoms with Gasteiger partial charge >= 0.3 is 5.97 Å². The molecule has 5 heteroatoms. The second-order valence-corrected chi connectivity index (χ2v) is 3.16. The molecule has 1 rings (SSSR count). The highest BCUT2D eigenvalue weighted by Crippen LogP contribution is 2.26. The Bertz CT molecular complexity index is 464. The van der Waals surface area contributed by atoms with Gasteiger partial charge in [0, 0.05) is 5.56 Å². The molecular weight excluding hydrogens is 216 g/mol. The molecule has 84 valence electrons. The molecule has 0 bridgehead atoms.